The fraction of sp³-hybridized carbons (Fsp3) is 0.385. The molecule has 0 atom stereocenters. The smallest absolute Gasteiger partial charge is 0.258 e. The number of nitro benzene ring substituents is 1. The van der Waals surface area contributed by atoms with Crippen LogP contribution in [-0.4, -0.2) is 25.4 Å². The lowest BCUT2D eigenvalue weighted by Crippen LogP contribution is -1.99. The lowest BCUT2D eigenvalue weighted by molar-refractivity contribution is -0.384. The summed E-state index contributed by atoms with van der Waals surface area (Å²) in [4.78, 5) is 14.4. The maximum absolute atomic E-state index is 10.6. The molecule has 106 valence electrons. The molecule has 1 heterocycles. The number of unbranched alkanes of at least 4 members (excludes halogenated alkanes) is 2. The van der Waals surface area contributed by atoms with Gasteiger partial charge in [0.2, 0.25) is 0 Å². The first-order chi connectivity index (χ1) is 9.70. The van der Waals surface area contributed by atoms with E-state index in [1.807, 2.05) is 0 Å². The first-order valence-corrected chi connectivity index (χ1v) is 7.09. The highest BCUT2D eigenvalue weighted by Crippen LogP contribution is 2.18. The van der Waals surface area contributed by atoms with Crippen LogP contribution in [-0.2, 0) is 6.54 Å². The summed E-state index contributed by atoms with van der Waals surface area (Å²) in [5.41, 5.74) is 0.852. The van der Waals surface area contributed by atoms with E-state index in [9.17, 15) is 10.1 Å². The van der Waals surface area contributed by atoms with E-state index < -0.39 is 4.92 Å². The minimum Gasteiger partial charge on any atom is -0.258 e. The van der Waals surface area contributed by atoms with E-state index in [2.05, 4.69) is 22.7 Å². The summed E-state index contributed by atoms with van der Waals surface area (Å²) in [6.07, 6.45) is 4.96. The second-order valence-electron chi connectivity index (χ2n) is 4.42. The molecule has 0 aliphatic rings. The average molecular weight is 292 g/mol. The molecule has 0 fully saturated rings. The molecule has 0 aliphatic heterocycles. The van der Waals surface area contributed by atoms with Gasteiger partial charge >= 0.3 is 0 Å². The Morgan fingerprint density at radius 3 is 2.60 bits per heavy atom. The van der Waals surface area contributed by atoms with Crippen LogP contribution in [0.15, 0.2) is 30.6 Å². The van der Waals surface area contributed by atoms with Crippen molar-refractivity contribution in [2.24, 2.45) is 0 Å². The molecule has 0 spiro atoms. The second-order valence-corrected chi connectivity index (χ2v) is 4.87. The minimum absolute atomic E-state index is 0.0694. The lowest BCUT2D eigenvalue weighted by atomic mass is 10.2. The Bertz CT molecular complexity index is 568. The third kappa shape index (κ3) is 3.80. The molecule has 7 heteroatoms. The van der Waals surface area contributed by atoms with Crippen LogP contribution in [0.5, 0.6) is 0 Å². The fourth-order valence-corrected chi connectivity index (χ4v) is 2.05. The number of aromatic nitrogens is 3. The molecule has 1 aromatic heterocycles. The van der Waals surface area contributed by atoms with Crippen LogP contribution in [0.4, 0.5) is 5.69 Å². The number of hydrogen-bond donors (Lipinski definition) is 1. The maximum Gasteiger partial charge on any atom is 0.269 e. The van der Waals surface area contributed by atoms with E-state index in [0.29, 0.717) is 5.82 Å². The van der Waals surface area contributed by atoms with Gasteiger partial charge in [-0.05, 0) is 30.7 Å². The monoisotopic (exact) mass is 292 g/mol. The molecule has 1 aromatic carbocycles. The molecule has 0 N–H and O–H groups in total. The summed E-state index contributed by atoms with van der Waals surface area (Å²) < 4.78 is 1.80. The van der Waals surface area contributed by atoms with E-state index in [1.165, 1.54) is 12.1 Å². The van der Waals surface area contributed by atoms with Crippen molar-refractivity contribution in [2.75, 3.05) is 5.75 Å². The van der Waals surface area contributed by atoms with E-state index in [4.69, 9.17) is 0 Å². The summed E-state index contributed by atoms with van der Waals surface area (Å²) in [5.74, 6) is 1.50. The first kappa shape index (κ1) is 14.5. The van der Waals surface area contributed by atoms with Crippen molar-refractivity contribution in [3.05, 3.63) is 40.7 Å². The van der Waals surface area contributed by atoms with Gasteiger partial charge in [-0.15, -0.1) is 0 Å². The Hall–Kier alpha value is -1.89. The van der Waals surface area contributed by atoms with Gasteiger partial charge in [-0.25, -0.2) is 4.98 Å². The Kier molecular flexibility index (Phi) is 5.11. The molecular formula is C13H16N4O2S. The van der Waals surface area contributed by atoms with Gasteiger partial charge in [0.25, 0.3) is 5.69 Å². The molecule has 2 aromatic rings. The van der Waals surface area contributed by atoms with Crippen LogP contribution >= 0.6 is 12.6 Å². The first-order valence-electron chi connectivity index (χ1n) is 6.46. The zero-order valence-corrected chi connectivity index (χ0v) is 11.9. The highest BCUT2D eigenvalue weighted by atomic mass is 32.1. The lowest BCUT2D eigenvalue weighted by Gasteiger charge is -1.99. The van der Waals surface area contributed by atoms with Gasteiger partial charge in [-0.3, -0.25) is 14.8 Å². The zero-order valence-electron chi connectivity index (χ0n) is 11.0. The molecule has 0 amide bonds. The van der Waals surface area contributed by atoms with Crippen LogP contribution in [0.25, 0.3) is 11.4 Å². The largest absolute Gasteiger partial charge is 0.269 e. The Morgan fingerprint density at radius 2 is 1.95 bits per heavy atom. The van der Waals surface area contributed by atoms with E-state index in [1.54, 1.807) is 23.1 Å². The number of benzene rings is 1. The zero-order chi connectivity index (χ0) is 14.4. The summed E-state index contributed by atoms with van der Waals surface area (Å²) in [6, 6.07) is 6.25. The van der Waals surface area contributed by atoms with Crippen LogP contribution in [0.3, 0.4) is 0 Å². The molecule has 0 saturated carbocycles. The maximum atomic E-state index is 10.6. The average Bonchev–Trinajstić information content (AvgIpc) is 2.92. The van der Waals surface area contributed by atoms with Crippen molar-refractivity contribution >= 4 is 18.3 Å². The fourth-order valence-electron chi connectivity index (χ4n) is 1.83. The molecule has 0 unspecified atom stereocenters. The van der Waals surface area contributed by atoms with Crippen LogP contribution in [0, 0.1) is 10.1 Å². The Morgan fingerprint density at radius 1 is 1.20 bits per heavy atom. The summed E-state index contributed by atoms with van der Waals surface area (Å²) in [6.45, 7) is 0.827. The summed E-state index contributed by atoms with van der Waals surface area (Å²) in [5, 5.41) is 15.0. The highest BCUT2D eigenvalue weighted by molar-refractivity contribution is 7.80. The topological polar surface area (TPSA) is 73.8 Å². The number of nitrogens with zero attached hydrogens (tertiary/aromatic N) is 4. The molecule has 20 heavy (non-hydrogen) atoms. The number of rotatable bonds is 7. The molecular weight excluding hydrogens is 276 g/mol. The summed E-state index contributed by atoms with van der Waals surface area (Å²) in [7, 11) is 0. The van der Waals surface area contributed by atoms with Crippen molar-refractivity contribution in [2.45, 2.75) is 25.8 Å². The predicted molar refractivity (Wildman–Crippen MR) is 79.8 cm³/mol. The molecule has 0 saturated heterocycles. The van der Waals surface area contributed by atoms with Gasteiger partial charge < -0.3 is 0 Å². The molecule has 0 radical (unpaired) electrons. The van der Waals surface area contributed by atoms with E-state index in [0.717, 1.165) is 37.1 Å². The molecule has 0 bridgehead atoms. The normalized spacial score (nSPS) is 10.7. The highest BCUT2D eigenvalue weighted by Gasteiger charge is 2.08. The third-order valence-corrected chi connectivity index (χ3v) is 3.23. The number of hydrogen-bond acceptors (Lipinski definition) is 5. The number of nitro groups is 1. The number of non-ortho nitro benzene ring substituents is 1. The van der Waals surface area contributed by atoms with Gasteiger partial charge in [-0.2, -0.15) is 17.7 Å². The van der Waals surface area contributed by atoms with Gasteiger partial charge in [0.1, 0.15) is 6.33 Å². The standard InChI is InChI=1S/C13H16N4O2S/c18-17(19)12-6-4-11(5-7-12)13-14-10-16(15-13)8-2-1-3-9-20/h4-7,10,20H,1-3,8-9H2. The van der Waals surface area contributed by atoms with Gasteiger partial charge in [0.05, 0.1) is 4.92 Å². The Labute approximate surface area is 122 Å². The van der Waals surface area contributed by atoms with Gasteiger partial charge in [0.15, 0.2) is 5.82 Å². The van der Waals surface area contributed by atoms with E-state index >= 15 is 0 Å². The van der Waals surface area contributed by atoms with Crippen LogP contribution < -0.4 is 0 Å². The van der Waals surface area contributed by atoms with Crippen LogP contribution in [0.2, 0.25) is 0 Å². The third-order valence-electron chi connectivity index (χ3n) is 2.92. The molecule has 6 nitrogen and oxygen atoms in total. The molecule has 0 aliphatic carbocycles. The second kappa shape index (κ2) is 7.04. The van der Waals surface area contributed by atoms with Gasteiger partial charge in [-0.1, -0.05) is 6.42 Å². The SMILES string of the molecule is O=[N+]([O-])c1ccc(-c2ncn(CCCCCS)n2)cc1. The van der Waals surface area contributed by atoms with Crippen LogP contribution in [0.1, 0.15) is 19.3 Å². The quantitative estimate of drug-likeness (QED) is 0.368. The van der Waals surface area contributed by atoms with Crippen molar-refractivity contribution in [3.8, 4) is 11.4 Å². The van der Waals surface area contributed by atoms with Crippen molar-refractivity contribution in [1.82, 2.24) is 14.8 Å². The van der Waals surface area contributed by atoms with Gasteiger partial charge in [0, 0.05) is 24.2 Å². The van der Waals surface area contributed by atoms with Crippen molar-refractivity contribution < 1.29 is 4.92 Å². The van der Waals surface area contributed by atoms with E-state index in [-0.39, 0.29) is 5.69 Å². The molecule has 2 rings (SSSR count). The van der Waals surface area contributed by atoms with Crippen molar-refractivity contribution in [1.29, 1.82) is 0 Å². The van der Waals surface area contributed by atoms with Crippen molar-refractivity contribution in [3.63, 3.8) is 0 Å². The predicted octanol–water partition coefficient (Wildman–Crippen LogP) is 2.95. The number of thiol groups is 1. The minimum atomic E-state index is -0.419. The number of aryl methyl sites for hydroxylation is 1. The summed E-state index contributed by atoms with van der Waals surface area (Å²) >= 11 is 4.17. The Balaban J connectivity index is 1.99.